The van der Waals surface area contributed by atoms with Gasteiger partial charge in [-0.25, -0.2) is 0 Å². The van der Waals surface area contributed by atoms with Crippen LogP contribution in [-0.4, -0.2) is 47.8 Å². The fourth-order valence-corrected chi connectivity index (χ4v) is 4.77. The Labute approximate surface area is 213 Å². The topological polar surface area (TPSA) is 69.7 Å². The molecule has 6 nitrogen and oxygen atoms in total. The number of carbonyl (C=O) groups excluding carboxylic acids is 3. The number of hydrogen-bond donors (Lipinski definition) is 1. The molecule has 4 rings (SSSR count). The number of nitrogens with one attached hydrogen (secondary N) is 1. The summed E-state index contributed by atoms with van der Waals surface area (Å²) in [4.78, 5) is 42.8. The largest absolute Gasteiger partial charge is 0.352 e. The number of benzene rings is 3. The Kier molecular flexibility index (Phi) is 8.04. The molecule has 1 heterocycles. The molecule has 1 aliphatic heterocycles. The summed E-state index contributed by atoms with van der Waals surface area (Å²) < 4.78 is 0. The van der Waals surface area contributed by atoms with Gasteiger partial charge in [0.25, 0.3) is 5.91 Å². The van der Waals surface area contributed by atoms with E-state index in [1.165, 1.54) is 0 Å². The van der Waals surface area contributed by atoms with Crippen LogP contribution in [-0.2, 0) is 16.0 Å². The molecule has 0 spiro atoms. The fraction of sp³-hybridized carbons (Fsp3) is 0.367. The minimum Gasteiger partial charge on any atom is -0.352 e. The first-order valence-corrected chi connectivity index (χ1v) is 12.9. The molecule has 1 aliphatic rings. The van der Waals surface area contributed by atoms with Crippen molar-refractivity contribution in [3.63, 3.8) is 0 Å². The number of nitrogens with zero attached hydrogens (tertiary/aromatic N) is 2. The number of carbonyl (C=O) groups is 3. The maximum atomic E-state index is 13.4. The third kappa shape index (κ3) is 5.43. The second-order valence-electron chi connectivity index (χ2n) is 9.56. The average Bonchev–Trinajstić information content (AvgIpc) is 3.17. The van der Waals surface area contributed by atoms with Crippen molar-refractivity contribution in [3.05, 3.63) is 77.9 Å². The van der Waals surface area contributed by atoms with Gasteiger partial charge in [-0.1, -0.05) is 61.5 Å². The van der Waals surface area contributed by atoms with Crippen molar-refractivity contribution >= 4 is 34.2 Å². The lowest BCUT2D eigenvalue weighted by atomic mass is 10.1. The lowest BCUT2D eigenvalue weighted by Crippen LogP contribution is -2.50. The van der Waals surface area contributed by atoms with Crippen LogP contribution in [0.15, 0.2) is 66.7 Å². The van der Waals surface area contributed by atoms with E-state index in [0.29, 0.717) is 31.5 Å². The van der Waals surface area contributed by atoms with Gasteiger partial charge in [0, 0.05) is 36.5 Å². The van der Waals surface area contributed by atoms with Gasteiger partial charge in [-0.2, -0.15) is 0 Å². The number of amides is 3. The van der Waals surface area contributed by atoms with Crippen molar-refractivity contribution in [2.45, 2.75) is 58.5 Å². The van der Waals surface area contributed by atoms with E-state index < -0.39 is 6.04 Å². The van der Waals surface area contributed by atoms with Crippen LogP contribution in [0.1, 0.15) is 56.0 Å². The molecule has 3 aromatic carbocycles. The van der Waals surface area contributed by atoms with Crippen molar-refractivity contribution < 1.29 is 14.4 Å². The first-order chi connectivity index (χ1) is 17.4. The lowest BCUT2D eigenvalue weighted by molar-refractivity contribution is -0.140. The van der Waals surface area contributed by atoms with Crippen molar-refractivity contribution in [1.29, 1.82) is 0 Å². The zero-order valence-electron chi connectivity index (χ0n) is 21.4. The zero-order chi connectivity index (χ0) is 25.7. The maximum absolute atomic E-state index is 13.4. The van der Waals surface area contributed by atoms with Gasteiger partial charge in [-0.3, -0.25) is 14.4 Å². The smallest absolute Gasteiger partial charge is 0.258 e. The Morgan fingerprint density at radius 1 is 0.972 bits per heavy atom. The monoisotopic (exact) mass is 485 g/mol. The summed E-state index contributed by atoms with van der Waals surface area (Å²) in [5, 5.41) is 5.03. The van der Waals surface area contributed by atoms with Gasteiger partial charge in [0.2, 0.25) is 11.8 Å². The van der Waals surface area contributed by atoms with Gasteiger partial charge in [-0.15, -0.1) is 0 Å². The fourth-order valence-electron chi connectivity index (χ4n) is 4.77. The summed E-state index contributed by atoms with van der Waals surface area (Å²) in [6.45, 7) is 6.70. The molecule has 6 heteroatoms. The maximum Gasteiger partial charge on any atom is 0.258 e. The molecule has 0 aromatic heterocycles. The van der Waals surface area contributed by atoms with Crippen LogP contribution in [0.5, 0.6) is 0 Å². The van der Waals surface area contributed by atoms with Crippen molar-refractivity contribution in [2.24, 2.45) is 0 Å². The molecular formula is C30H35N3O3. The van der Waals surface area contributed by atoms with Gasteiger partial charge < -0.3 is 15.1 Å². The van der Waals surface area contributed by atoms with E-state index in [1.807, 2.05) is 80.6 Å². The Hall–Kier alpha value is -3.67. The van der Waals surface area contributed by atoms with Crippen LogP contribution in [0.3, 0.4) is 0 Å². The van der Waals surface area contributed by atoms with E-state index in [-0.39, 0.29) is 30.2 Å². The molecule has 36 heavy (non-hydrogen) atoms. The summed E-state index contributed by atoms with van der Waals surface area (Å²) >= 11 is 0. The predicted octanol–water partition coefficient (Wildman–Crippen LogP) is 4.95. The Morgan fingerprint density at radius 2 is 1.69 bits per heavy atom. The van der Waals surface area contributed by atoms with E-state index in [4.69, 9.17) is 0 Å². The summed E-state index contributed by atoms with van der Waals surface area (Å²) in [6.07, 6.45) is 2.30. The first kappa shape index (κ1) is 25.4. The van der Waals surface area contributed by atoms with Gasteiger partial charge in [-0.05, 0) is 56.2 Å². The van der Waals surface area contributed by atoms with Gasteiger partial charge in [0.1, 0.15) is 6.04 Å². The third-order valence-electron chi connectivity index (χ3n) is 7.07. The van der Waals surface area contributed by atoms with Crippen LogP contribution < -0.4 is 10.2 Å². The number of anilines is 1. The van der Waals surface area contributed by atoms with E-state index >= 15 is 0 Å². The molecule has 0 aliphatic carbocycles. The molecule has 0 fully saturated rings. The molecule has 0 saturated heterocycles. The van der Waals surface area contributed by atoms with Crippen LogP contribution >= 0.6 is 0 Å². The summed E-state index contributed by atoms with van der Waals surface area (Å²) in [6, 6.07) is 21.2. The van der Waals surface area contributed by atoms with Crippen LogP contribution in [0.4, 0.5) is 5.69 Å². The molecule has 188 valence electrons. The molecule has 3 aromatic rings. The van der Waals surface area contributed by atoms with Gasteiger partial charge in [0.05, 0.1) is 5.69 Å². The summed E-state index contributed by atoms with van der Waals surface area (Å²) in [5.74, 6) is -0.223. The normalized spacial score (nSPS) is 14.1. The molecule has 0 radical (unpaired) electrons. The second kappa shape index (κ2) is 11.4. The van der Waals surface area contributed by atoms with Crippen molar-refractivity contribution in [2.75, 3.05) is 18.0 Å². The highest BCUT2D eigenvalue weighted by Crippen LogP contribution is 2.37. The summed E-state index contributed by atoms with van der Waals surface area (Å²) in [5.41, 5.74) is 2.75. The highest BCUT2D eigenvalue weighted by Gasteiger charge is 2.30. The van der Waals surface area contributed by atoms with Crippen LogP contribution in [0.25, 0.3) is 10.8 Å². The molecule has 0 saturated carbocycles. The summed E-state index contributed by atoms with van der Waals surface area (Å²) in [7, 11) is 0. The van der Waals surface area contributed by atoms with Crippen LogP contribution in [0, 0.1) is 0 Å². The van der Waals surface area contributed by atoms with Crippen LogP contribution in [0.2, 0.25) is 0 Å². The Balaban J connectivity index is 1.42. The highest BCUT2D eigenvalue weighted by atomic mass is 16.2. The molecule has 3 amide bonds. The third-order valence-corrected chi connectivity index (χ3v) is 7.07. The number of hydrogen-bond acceptors (Lipinski definition) is 3. The number of rotatable bonds is 11. The molecule has 2 atom stereocenters. The molecule has 0 bridgehead atoms. The predicted molar refractivity (Wildman–Crippen MR) is 144 cm³/mol. The minimum atomic E-state index is -0.568. The highest BCUT2D eigenvalue weighted by molar-refractivity contribution is 6.25. The Bertz CT molecular complexity index is 1240. The van der Waals surface area contributed by atoms with Crippen molar-refractivity contribution in [3.8, 4) is 0 Å². The van der Waals surface area contributed by atoms with E-state index in [0.717, 1.165) is 28.4 Å². The Morgan fingerprint density at radius 3 is 2.42 bits per heavy atom. The van der Waals surface area contributed by atoms with Crippen molar-refractivity contribution in [1.82, 2.24) is 10.2 Å². The SMILES string of the molecule is CC[C@@H](C)NC(=O)[C@@H](C)N(CCc1ccccc1)C(=O)CCCN1C(=O)c2cccc3cccc1c23. The first-order valence-electron chi connectivity index (χ1n) is 12.9. The zero-order valence-corrected chi connectivity index (χ0v) is 21.4. The molecule has 1 N–H and O–H groups in total. The lowest BCUT2D eigenvalue weighted by Gasteiger charge is -2.30. The van der Waals surface area contributed by atoms with E-state index in [9.17, 15) is 14.4 Å². The second-order valence-corrected chi connectivity index (χ2v) is 9.56. The van der Waals surface area contributed by atoms with E-state index in [1.54, 1.807) is 16.7 Å². The molecule has 0 unspecified atom stereocenters. The molecular weight excluding hydrogens is 450 g/mol. The minimum absolute atomic E-state index is 0.0171. The average molecular weight is 486 g/mol. The standard InChI is InChI=1S/C30H35N3O3/c1-4-21(2)31-29(35)22(3)32(20-18-23-11-6-5-7-12-23)27(34)17-10-19-33-26-16-9-14-24-13-8-15-25(28(24)26)30(33)36/h5-9,11-16,21-22H,4,10,17-20H2,1-3H3,(H,31,35)/t21-,22-/m1/s1. The van der Waals surface area contributed by atoms with E-state index in [2.05, 4.69) is 5.32 Å². The van der Waals surface area contributed by atoms with Gasteiger partial charge in [0.15, 0.2) is 0 Å². The quantitative estimate of drug-likeness (QED) is 0.418. The van der Waals surface area contributed by atoms with Gasteiger partial charge >= 0.3 is 0 Å².